The largest absolute Gasteiger partial charge is 0.478 e. The van der Waals surface area contributed by atoms with Gasteiger partial charge in [-0.15, -0.1) is 0 Å². The zero-order valence-electron chi connectivity index (χ0n) is 22.5. The summed E-state index contributed by atoms with van der Waals surface area (Å²) in [5, 5.41) is 11.7. The third-order valence-electron chi connectivity index (χ3n) is 6.13. The second-order valence-electron chi connectivity index (χ2n) is 9.33. The van der Waals surface area contributed by atoms with Gasteiger partial charge in [0.25, 0.3) is 11.8 Å². The number of amides is 2. The van der Waals surface area contributed by atoms with Gasteiger partial charge in [0.2, 0.25) is 11.8 Å². The van der Waals surface area contributed by atoms with Crippen LogP contribution in [0.15, 0.2) is 54.7 Å². The first-order valence-corrected chi connectivity index (χ1v) is 12.7. The van der Waals surface area contributed by atoms with E-state index in [1.54, 1.807) is 38.3 Å². The number of likely N-dealkylation sites (N-methyl/N-ethyl adjacent to an activating group) is 1. The number of rotatable bonds is 10. The van der Waals surface area contributed by atoms with E-state index in [1.807, 2.05) is 11.9 Å². The number of carbonyl (C=O) groups is 3. The minimum absolute atomic E-state index is 0.00309. The molecule has 0 unspecified atom stereocenters. The van der Waals surface area contributed by atoms with Crippen LogP contribution in [0.3, 0.4) is 0 Å². The zero-order valence-corrected chi connectivity index (χ0v) is 22.5. The molecule has 1 aliphatic rings. The second-order valence-corrected chi connectivity index (χ2v) is 9.33. The van der Waals surface area contributed by atoms with Crippen LogP contribution in [0.25, 0.3) is 0 Å². The van der Waals surface area contributed by atoms with Crippen LogP contribution in [-0.4, -0.2) is 95.7 Å². The summed E-state index contributed by atoms with van der Waals surface area (Å²) < 4.78 is 16.9. The van der Waals surface area contributed by atoms with Crippen molar-refractivity contribution < 1.29 is 33.7 Å². The number of carbonyl (C=O) groups excluding carboxylic acids is 2. The van der Waals surface area contributed by atoms with Crippen molar-refractivity contribution in [1.29, 1.82) is 0 Å². The van der Waals surface area contributed by atoms with Gasteiger partial charge in [0.05, 0.1) is 17.7 Å². The van der Waals surface area contributed by atoms with Crippen molar-refractivity contribution in [3.05, 3.63) is 71.4 Å². The van der Waals surface area contributed by atoms with E-state index in [2.05, 4.69) is 20.2 Å². The van der Waals surface area contributed by atoms with E-state index in [4.69, 9.17) is 19.3 Å². The highest BCUT2D eigenvalue weighted by Gasteiger charge is 2.21. The summed E-state index contributed by atoms with van der Waals surface area (Å²) >= 11 is 0. The van der Waals surface area contributed by atoms with Gasteiger partial charge in [-0.05, 0) is 50.4 Å². The van der Waals surface area contributed by atoms with Crippen LogP contribution in [0.5, 0.6) is 17.5 Å². The minimum atomic E-state index is -1.12. The molecule has 2 N–H and O–H groups in total. The predicted molar refractivity (Wildman–Crippen MR) is 145 cm³/mol. The number of piperazine rings is 1. The molecular weight excluding hydrogens is 518 g/mol. The Bertz CT molecular complexity index is 1340. The summed E-state index contributed by atoms with van der Waals surface area (Å²) in [5.74, 6) is -0.857. The maximum absolute atomic E-state index is 13.0. The predicted octanol–water partition coefficient (Wildman–Crippen LogP) is 3.02. The van der Waals surface area contributed by atoms with E-state index < -0.39 is 11.9 Å². The highest BCUT2D eigenvalue weighted by molar-refractivity contribution is 6.04. The van der Waals surface area contributed by atoms with Crippen LogP contribution in [0.2, 0.25) is 0 Å². The number of ether oxygens (including phenoxy) is 3. The maximum atomic E-state index is 13.0. The van der Waals surface area contributed by atoms with Crippen molar-refractivity contribution in [3.63, 3.8) is 0 Å². The Labute approximate surface area is 231 Å². The first-order valence-electron chi connectivity index (χ1n) is 12.7. The third kappa shape index (κ3) is 7.52. The smallest absolute Gasteiger partial charge is 0.337 e. The summed E-state index contributed by atoms with van der Waals surface area (Å²) in [4.78, 5) is 49.3. The molecule has 2 aromatic heterocycles. The number of carboxylic acid groups (broad SMARTS) is 1. The highest BCUT2D eigenvalue weighted by Crippen LogP contribution is 2.26. The Morgan fingerprint density at radius 2 is 1.65 bits per heavy atom. The number of benzene rings is 1. The molecule has 12 heteroatoms. The number of aromatic nitrogens is 2. The average Bonchev–Trinajstić information content (AvgIpc) is 2.94. The van der Waals surface area contributed by atoms with Gasteiger partial charge in [-0.3, -0.25) is 9.59 Å². The van der Waals surface area contributed by atoms with Gasteiger partial charge < -0.3 is 34.4 Å². The first-order chi connectivity index (χ1) is 19.2. The average molecular weight is 550 g/mol. The second kappa shape index (κ2) is 13.0. The Hall–Kier alpha value is -4.55. The van der Waals surface area contributed by atoms with E-state index in [0.29, 0.717) is 31.0 Å². The quantitative estimate of drug-likeness (QED) is 0.387. The van der Waals surface area contributed by atoms with Gasteiger partial charge in [-0.1, -0.05) is 0 Å². The Morgan fingerprint density at radius 1 is 0.975 bits per heavy atom. The van der Waals surface area contributed by atoms with E-state index >= 15 is 0 Å². The number of carboxylic acids is 1. The fourth-order valence-corrected chi connectivity index (χ4v) is 3.96. The van der Waals surface area contributed by atoms with Crippen LogP contribution in [0.4, 0.5) is 5.82 Å². The van der Waals surface area contributed by atoms with Crippen molar-refractivity contribution in [2.45, 2.75) is 13.0 Å². The minimum Gasteiger partial charge on any atom is -0.478 e. The Balaban J connectivity index is 1.51. The lowest BCUT2D eigenvalue weighted by atomic mass is 10.1. The molecule has 1 aromatic carbocycles. The molecule has 3 heterocycles. The molecule has 0 spiro atoms. The summed E-state index contributed by atoms with van der Waals surface area (Å²) in [6.45, 7) is 5.12. The number of hydrogen-bond donors (Lipinski definition) is 2. The van der Waals surface area contributed by atoms with Gasteiger partial charge in [0.15, 0.2) is 0 Å². The molecule has 1 aliphatic heterocycles. The Kier molecular flexibility index (Phi) is 9.25. The molecule has 1 saturated heterocycles. The Morgan fingerprint density at radius 3 is 2.27 bits per heavy atom. The molecule has 210 valence electrons. The fourth-order valence-electron chi connectivity index (χ4n) is 3.96. The van der Waals surface area contributed by atoms with E-state index in [-0.39, 0.29) is 40.7 Å². The van der Waals surface area contributed by atoms with Crippen LogP contribution < -0.4 is 14.8 Å². The van der Waals surface area contributed by atoms with Crippen molar-refractivity contribution in [2.24, 2.45) is 0 Å². The number of aromatic carboxylic acids is 1. The lowest BCUT2D eigenvalue weighted by Crippen LogP contribution is -2.47. The van der Waals surface area contributed by atoms with Gasteiger partial charge >= 0.3 is 5.97 Å². The van der Waals surface area contributed by atoms with Crippen LogP contribution >= 0.6 is 0 Å². The zero-order chi connectivity index (χ0) is 28.6. The number of anilines is 1. The van der Waals surface area contributed by atoms with Gasteiger partial charge in [-0.2, -0.15) is 4.98 Å². The fraction of sp³-hybridized carbons (Fsp3) is 0.321. The van der Waals surface area contributed by atoms with E-state index in [9.17, 15) is 14.4 Å². The van der Waals surface area contributed by atoms with Gasteiger partial charge in [0, 0.05) is 57.2 Å². The van der Waals surface area contributed by atoms with Crippen LogP contribution in [0, 0.1) is 0 Å². The summed E-state index contributed by atoms with van der Waals surface area (Å²) in [7, 11) is 3.58. The lowest BCUT2D eigenvalue weighted by molar-refractivity contribution is 0.0662. The summed E-state index contributed by atoms with van der Waals surface area (Å²) in [6, 6.07) is 12.3. The maximum Gasteiger partial charge on any atom is 0.337 e. The molecular formula is C28H31N5O7. The number of nitrogens with one attached hydrogen (secondary N) is 1. The summed E-state index contributed by atoms with van der Waals surface area (Å²) in [5.41, 5.74) is 0.726. The topological polar surface area (TPSA) is 143 Å². The summed E-state index contributed by atoms with van der Waals surface area (Å²) in [6.07, 6.45) is 0.798. The standard InChI is InChI=1S/C28H31N5O7/c1-18(17-38-3)39-24-14-21(26(34)30-23-9-6-20(16-29-23)28(36)37)15-25(31-24)40-22-7-4-19(5-8-22)27(35)33-12-10-32(2)11-13-33/h4-9,14-16,18H,10-13,17H2,1-3H3,(H,36,37)(H,29,30,34)/t18-/m1/s1. The lowest BCUT2D eigenvalue weighted by Gasteiger charge is -2.32. The molecule has 2 amide bonds. The van der Waals surface area contributed by atoms with Crippen LogP contribution in [0.1, 0.15) is 38.0 Å². The molecule has 3 aromatic rings. The van der Waals surface area contributed by atoms with Crippen molar-refractivity contribution in [1.82, 2.24) is 19.8 Å². The third-order valence-corrected chi connectivity index (χ3v) is 6.13. The number of pyridine rings is 2. The highest BCUT2D eigenvalue weighted by atomic mass is 16.5. The number of methoxy groups -OCH3 is 1. The molecule has 0 aliphatic carbocycles. The van der Waals surface area contributed by atoms with E-state index in [1.165, 1.54) is 24.3 Å². The molecule has 40 heavy (non-hydrogen) atoms. The van der Waals surface area contributed by atoms with E-state index in [0.717, 1.165) is 19.3 Å². The van der Waals surface area contributed by atoms with Gasteiger partial charge in [-0.25, -0.2) is 9.78 Å². The van der Waals surface area contributed by atoms with Crippen molar-refractivity contribution in [2.75, 3.05) is 52.3 Å². The number of hydrogen-bond acceptors (Lipinski definition) is 9. The molecule has 0 saturated carbocycles. The first kappa shape index (κ1) is 28.5. The molecule has 1 atom stereocenters. The normalized spacial score (nSPS) is 14.3. The number of nitrogens with zero attached hydrogens (tertiary/aromatic N) is 4. The van der Waals surface area contributed by atoms with Crippen LogP contribution in [-0.2, 0) is 4.74 Å². The molecule has 4 rings (SSSR count). The monoisotopic (exact) mass is 549 g/mol. The molecule has 0 bridgehead atoms. The van der Waals surface area contributed by atoms with Crippen molar-refractivity contribution in [3.8, 4) is 17.5 Å². The molecule has 12 nitrogen and oxygen atoms in total. The molecule has 0 radical (unpaired) electrons. The molecule has 1 fully saturated rings. The SMILES string of the molecule is COC[C@@H](C)Oc1cc(C(=O)Nc2ccc(C(=O)O)cn2)cc(Oc2ccc(C(=O)N3CCN(C)CC3)cc2)n1. The van der Waals surface area contributed by atoms with Crippen molar-refractivity contribution >= 4 is 23.6 Å². The van der Waals surface area contributed by atoms with Gasteiger partial charge in [0.1, 0.15) is 17.7 Å².